The summed E-state index contributed by atoms with van der Waals surface area (Å²) in [5, 5.41) is 36.8. The summed E-state index contributed by atoms with van der Waals surface area (Å²) in [5.74, 6) is 0.823. The van der Waals surface area contributed by atoms with Gasteiger partial charge in [-0.15, -0.1) is 34.0 Å². The standard InChI is InChI=1S/C26H28N2O5S.C25H26N2O4S.C24H26N2O5S/c1-15(2)21-9-17-10-24(33-14-16-3-6-32-7-4-16)19(25-27-5-8-34-25)11-18(17)22-12-23(29)20(26(30)31)13-28(21)22;1-14(2)20-9-16-10-23(31-7-5-15-3-4-15)18(24-26-6-8-32-24)11-17(16)21-12-22(28)19(25(29)30)13-27(20)21;1-14(2)19-9-15-10-22(31-7-4-6-30-3)17(23-25-5-8-32-23)11-16(15)20-12-21(27)18(24(28)29)13-26(19)20/h5,8,10-13,15-16,21H,3-4,6-7,9,14H2,1-2H3,(H,30,31);6,8,10-15,20H,3-5,7,9H2,1-2H3,(H,29,30);5,8,10-14,19H,4,6-7,9H2,1-3H3,(H,28,29). The molecular formula is C75H80N6O14S3. The lowest BCUT2D eigenvalue weighted by Gasteiger charge is -2.34. The molecule has 3 atom stereocenters. The first-order valence-corrected chi connectivity index (χ1v) is 36.0. The Hall–Kier alpha value is -8.87. The van der Waals surface area contributed by atoms with Crippen LogP contribution in [0.25, 0.3) is 65.5 Å². The van der Waals surface area contributed by atoms with Gasteiger partial charge in [0, 0.05) is 140 Å². The molecule has 5 aliphatic rings. The Balaban J connectivity index is 0.000000140. The molecule has 4 aliphatic heterocycles. The topological polar surface area (TPSA) is 263 Å². The molecule has 2 fully saturated rings. The van der Waals surface area contributed by atoms with Crippen molar-refractivity contribution in [1.29, 1.82) is 0 Å². The molecule has 1 saturated carbocycles. The zero-order valence-corrected chi connectivity index (χ0v) is 58.3. The van der Waals surface area contributed by atoms with Gasteiger partial charge >= 0.3 is 17.9 Å². The number of fused-ring (bicyclic) bond motifs is 9. The SMILES string of the molecule is CC(C)C1Cc2cc(OCC3CCOCC3)c(-c3nccs3)cc2-c2cc(=O)c(C(=O)O)cn21.CC(C)C1Cc2cc(OCCC3CC3)c(-c3nccs3)cc2-c2cc(=O)c(C(=O)O)cn21.COCCCOc1cc2c(cc1-c1nccs1)-c1cc(=O)c(C(=O)O)cn1C(C(C)C)C2. The lowest BCUT2D eigenvalue weighted by atomic mass is 9.86. The van der Waals surface area contributed by atoms with Crippen LogP contribution < -0.4 is 30.5 Å². The van der Waals surface area contributed by atoms with Gasteiger partial charge in [-0.1, -0.05) is 54.4 Å². The number of benzene rings is 3. The second-order valence-electron chi connectivity index (χ2n) is 26.7. The number of hydrogen-bond acceptors (Lipinski definition) is 17. The molecule has 3 unspecified atom stereocenters. The molecule has 20 nitrogen and oxygen atoms in total. The molecule has 3 N–H and O–H groups in total. The highest BCUT2D eigenvalue weighted by molar-refractivity contribution is 7.13. The monoisotopic (exact) mass is 1380 g/mol. The Morgan fingerprint density at radius 2 is 0.857 bits per heavy atom. The number of hydrogen-bond donors (Lipinski definition) is 3. The third-order valence-corrected chi connectivity index (χ3v) is 21.5. The summed E-state index contributed by atoms with van der Waals surface area (Å²) in [5.41, 5.74) is 8.91. The van der Waals surface area contributed by atoms with E-state index in [4.69, 9.17) is 23.7 Å². The van der Waals surface area contributed by atoms with Crippen molar-refractivity contribution >= 4 is 51.9 Å². The molecule has 9 aromatic rings. The molecule has 0 spiro atoms. The van der Waals surface area contributed by atoms with Crippen LogP contribution in [0.15, 0.2) is 122 Å². The van der Waals surface area contributed by atoms with Crippen LogP contribution in [0.3, 0.4) is 0 Å². The minimum Gasteiger partial charge on any atom is -0.493 e. The van der Waals surface area contributed by atoms with Crippen LogP contribution >= 0.6 is 34.0 Å². The third-order valence-electron chi connectivity index (χ3n) is 19.1. The van der Waals surface area contributed by atoms with Crippen LogP contribution in [0.5, 0.6) is 17.2 Å². The third kappa shape index (κ3) is 14.9. The Morgan fingerprint density at radius 1 is 0.490 bits per heavy atom. The summed E-state index contributed by atoms with van der Waals surface area (Å²) in [4.78, 5) is 86.1. The minimum atomic E-state index is -1.21. The quantitative estimate of drug-likeness (QED) is 0.0565. The number of carboxylic acid groups (broad SMARTS) is 3. The average Bonchev–Trinajstić information content (AvgIpc) is 0.862. The van der Waals surface area contributed by atoms with Crippen LogP contribution in [0.4, 0.5) is 0 Å². The van der Waals surface area contributed by atoms with Crippen molar-refractivity contribution in [3.8, 4) is 82.7 Å². The molecule has 1 aliphatic carbocycles. The number of methoxy groups -OCH3 is 1. The zero-order chi connectivity index (χ0) is 69.1. The van der Waals surface area contributed by atoms with E-state index in [-0.39, 0.29) is 52.6 Å². The largest absolute Gasteiger partial charge is 0.493 e. The molecule has 14 rings (SSSR count). The van der Waals surface area contributed by atoms with Crippen molar-refractivity contribution < 1.29 is 53.4 Å². The highest BCUT2D eigenvalue weighted by Gasteiger charge is 2.34. The summed E-state index contributed by atoms with van der Waals surface area (Å²) in [7, 11) is 1.67. The predicted octanol–water partition coefficient (Wildman–Crippen LogP) is 14.7. The maximum atomic E-state index is 12.6. The molecule has 10 heterocycles. The van der Waals surface area contributed by atoms with Crippen molar-refractivity contribution in [2.75, 3.05) is 46.8 Å². The van der Waals surface area contributed by atoms with Crippen molar-refractivity contribution in [3.63, 3.8) is 0 Å². The molecule has 0 bridgehead atoms. The number of aromatic carboxylic acids is 3. The van der Waals surface area contributed by atoms with Crippen molar-refractivity contribution in [2.24, 2.45) is 29.6 Å². The molecule has 23 heteroatoms. The molecule has 0 amide bonds. The first-order valence-electron chi connectivity index (χ1n) is 33.4. The van der Waals surface area contributed by atoms with Gasteiger partial charge in [0.1, 0.15) is 49.0 Å². The molecule has 3 aromatic carbocycles. The van der Waals surface area contributed by atoms with Crippen LogP contribution in [0.2, 0.25) is 0 Å². The lowest BCUT2D eigenvalue weighted by molar-refractivity contribution is 0.0498. The highest BCUT2D eigenvalue weighted by atomic mass is 32.1. The van der Waals surface area contributed by atoms with Gasteiger partial charge in [-0.05, 0) is 121 Å². The number of carboxylic acids is 3. The van der Waals surface area contributed by atoms with Crippen LogP contribution in [0.1, 0.15) is 146 Å². The number of nitrogens with zero attached hydrogens (tertiary/aromatic N) is 6. The molecule has 98 heavy (non-hydrogen) atoms. The molecule has 1 saturated heterocycles. The van der Waals surface area contributed by atoms with E-state index in [1.807, 2.05) is 42.0 Å². The molecule has 6 aromatic heterocycles. The van der Waals surface area contributed by atoms with Gasteiger partial charge in [0.25, 0.3) is 0 Å². The van der Waals surface area contributed by atoms with E-state index in [0.29, 0.717) is 38.8 Å². The van der Waals surface area contributed by atoms with Crippen LogP contribution in [-0.2, 0) is 28.7 Å². The molecule has 512 valence electrons. The second-order valence-corrected chi connectivity index (χ2v) is 29.3. The zero-order valence-electron chi connectivity index (χ0n) is 55.9. The number of thiazole rings is 3. The summed E-state index contributed by atoms with van der Waals surface area (Å²) in [6.07, 6.45) is 18.4. The van der Waals surface area contributed by atoms with Crippen LogP contribution in [-0.4, -0.2) is 109 Å². The summed E-state index contributed by atoms with van der Waals surface area (Å²) < 4.78 is 35.3. The maximum Gasteiger partial charge on any atom is 0.341 e. The number of aromatic nitrogens is 6. The summed E-state index contributed by atoms with van der Waals surface area (Å²) >= 11 is 4.61. The first kappa shape index (κ1) is 69.0. The Labute approximate surface area is 579 Å². The van der Waals surface area contributed by atoms with Gasteiger partial charge in [0.05, 0.1) is 53.6 Å². The van der Waals surface area contributed by atoms with Gasteiger partial charge < -0.3 is 52.7 Å². The normalized spacial score (nSPS) is 16.7. The van der Waals surface area contributed by atoms with Gasteiger partial charge in [-0.3, -0.25) is 14.4 Å². The van der Waals surface area contributed by atoms with Gasteiger partial charge in [-0.2, -0.15) is 0 Å². The van der Waals surface area contributed by atoms with Gasteiger partial charge in [0.15, 0.2) is 16.3 Å². The van der Waals surface area contributed by atoms with Gasteiger partial charge in [0.2, 0.25) is 0 Å². The Morgan fingerprint density at radius 3 is 1.18 bits per heavy atom. The number of rotatable bonds is 21. The van der Waals surface area contributed by atoms with Crippen molar-refractivity contribution in [2.45, 2.75) is 117 Å². The number of ether oxygens (including phenoxy) is 5. The maximum absolute atomic E-state index is 12.6. The van der Waals surface area contributed by atoms with Crippen molar-refractivity contribution in [1.82, 2.24) is 28.7 Å². The molecular weight excluding hydrogens is 1310 g/mol. The minimum absolute atomic E-state index is 0.0308. The first-order chi connectivity index (χ1) is 47.2. The fourth-order valence-electron chi connectivity index (χ4n) is 13.5. The van der Waals surface area contributed by atoms with E-state index in [1.54, 1.807) is 48.4 Å². The number of carbonyl (C=O) groups is 3. The van der Waals surface area contributed by atoms with Crippen molar-refractivity contribution in [3.05, 3.63) is 172 Å². The summed E-state index contributed by atoms with van der Waals surface area (Å²) in [6.45, 7) is 16.7. The number of pyridine rings is 3. The lowest BCUT2D eigenvalue weighted by Crippen LogP contribution is -2.28. The predicted molar refractivity (Wildman–Crippen MR) is 379 cm³/mol. The Kier molecular flexibility index (Phi) is 21.2. The van der Waals surface area contributed by atoms with E-state index < -0.39 is 34.2 Å². The fraction of sp³-hybridized carbons (Fsp3) is 0.400. The van der Waals surface area contributed by atoms with E-state index in [2.05, 4.69) is 80.8 Å². The smallest absolute Gasteiger partial charge is 0.341 e. The second kappa shape index (κ2) is 30.1. The van der Waals surface area contributed by atoms with Crippen LogP contribution in [0, 0.1) is 29.6 Å². The van der Waals surface area contributed by atoms with E-state index in [0.717, 1.165) is 157 Å². The fourth-order valence-corrected chi connectivity index (χ4v) is 15.5. The average molecular weight is 1390 g/mol. The van der Waals surface area contributed by atoms with E-state index >= 15 is 0 Å². The van der Waals surface area contributed by atoms with E-state index in [1.165, 1.54) is 61.0 Å². The summed E-state index contributed by atoms with van der Waals surface area (Å²) in [6, 6.07) is 16.9. The molecule has 0 radical (unpaired) electrons. The highest BCUT2D eigenvalue weighted by Crippen LogP contribution is 2.48. The van der Waals surface area contributed by atoms with Gasteiger partial charge in [-0.25, -0.2) is 29.3 Å². The van der Waals surface area contributed by atoms with E-state index in [9.17, 15) is 44.1 Å². The Bertz CT molecular complexity index is 4580.